The maximum absolute atomic E-state index is 13.7. The molecule has 50 heavy (non-hydrogen) atoms. The second-order valence-corrected chi connectivity index (χ2v) is 17.2. The SMILES string of the molecule is CCCCOC1C(OC(=O)c2ccccc2)[C@H](CC(C)(C)[Si](O)(c2ccccc2)c2ccccc2)OC(COOC)[C@H]1OC(=O)CCC(C)=O. The number of hydrogen-bond acceptors (Lipinski definition) is 10. The molecule has 3 aromatic rings. The standard InChI is InChI=1S/C39H50O10Si/c1-6-7-25-45-37-35(49-38(42)29-17-11-8-12-18-29)32(47-33(27-46-44-5)36(37)48-34(41)24-23-28(2)40)26-39(3,4)50(43,30-19-13-9-14-20-30)31-21-15-10-16-22-31/h8-22,32-33,35-37,43H,6-7,23-27H2,1-5H3/t32-,33?,35?,36+,37?/m0/s1. The van der Waals surface area contributed by atoms with Crippen LogP contribution < -0.4 is 10.4 Å². The van der Waals surface area contributed by atoms with Crippen molar-refractivity contribution in [2.45, 2.75) is 95.4 Å². The number of benzene rings is 3. The molecule has 3 unspecified atom stereocenters. The molecule has 0 aromatic heterocycles. The Morgan fingerprint density at radius 1 is 0.800 bits per heavy atom. The predicted molar refractivity (Wildman–Crippen MR) is 190 cm³/mol. The van der Waals surface area contributed by atoms with Crippen LogP contribution in [0.3, 0.4) is 0 Å². The van der Waals surface area contributed by atoms with Gasteiger partial charge in [0.05, 0.1) is 25.2 Å². The number of rotatable bonds is 18. The van der Waals surface area contributed by atoms with Crippen molar-refractivity contribution < 1.29 is 47.9 Å². The zero-order valence-corrected chi connectivity index (χ0v) is 30.6. The molecular formula is C39H50O10Si. The number of carbonyl (C=O) groups excluding carboxylic acids is 3. The second kappa shape index (κ2) is 18.5. The predicted octanol–water partition coefficient (Wildman–Crippen LogP) is 4.95. The fourth-order valence-corrected chi connectivity index (χ4v) is 10.2. The summed E-state index contributed by atoms with van der Waals surface area (Å²) in [6.07, 6.45) is -3.21. The lowest BCUT2D eigenvalue weighted by Gasteiger charge is -2.49. The third kappa shape index (κ3) is 9.74. The molecule has 0 spiro atoms. The summed E-state index contributed by atoms with van der Waals surface area (Å²) < 4.78 is 25.5. The van der Waals surface area contributed by atoms with E-state index in [9.17, 15) is 19.2 Å². The highest BCUT2D eigenvalue weighted by molar-refractivity contribution is 6.98. The van der Waals surface area contributed by atoms with E-state index < -0.39 is 55.8 Å². The average molecular weight is 707 g/mol. The zero-order chi connectivity index (χ0) is 36.1. The van der Waals surface area contributed by atoms with E-state index in [-0.39, 0.29) is 31.7 Å². The van der Waals surface area contributed by atoms with Crippen molar-refractivity contribution in [1.82, 2.24) is 0 Å². The van der Waals surface area contributed by atoms with Gasteiger partial charge in [-0.1, -0.05) is 106 Å². The maximum atomic E-state index is 13.7. The molecule has 0 saturated carbocycles. The highest BCUT2D eigenvalue weighted by Gasteiger charge is 2.56. The van der Waals surface area contributed by atoms with Crippen LogP contribution in [0.5, 0.6) is 0 Å². The highest BCUT2D eigenvalue weighted by atomic mass is 28.4. The van der Waals surface area contributed by atoms with Crippen LogP contribution in [0.1, 0.15) is 70.2 Å². The van der Waals surface area contributed by atoms with Crippen LogP contribution in [0.2, 0.25) is 5.04 Å². The number of Topliss-reactive ketones (excluding diaryl/α,β-unsaturated/α-hetero) is 1. The van der Waals surface area contributed by atoms with Crippen LogP contribution in [-0.4, -0.2) is 81.7 Å². The lowest BCUT2D eigenvalue weighted by molar-refractivity contribution is -0.317. The Balaban J connectivity index is 1.81. The van der Waals surface area contributed by atoms with Crippen molar-refractivity contribution in [1.29, 1.82) is 0 Å². The van der Waals surface area contributed by atoms with Crippen LogP contribution in [-0.2, 0) is 38.3 Å². The summed E-state index contributed by atoms with van der Waals surface area (Å²) in [7, 11) is -2.18. The van der Waals surface area contributed by atoms with Crippen LogP contribution in [0.15, 0.2) is 91.0 Å². The van der Waals surface area contributed by atoms with E-state index in [0.717, 1.165) is 16.8 Å². The smallest absolute Gasteiger partial charge is 0.338 e. The Kier molecular flexibility index (Phi) is 14.5. The zero-order valence-electron chi connectivity index (χ0n) is 29.6. The minimum absolute atomic E-state index is 0.0123. The van der Waals surface area contributed by atoms with E-state index in [0.29, 0.717) is 18.6 Å². The summed E-state index contributed by atoms with van der Waals surface area (Å²) in [6, 6.07) is 27.8. The molecule has 4 rings (SSSR count). The minimum atomic E-state index is -3.55. The number of esters is 2. The molecule has 1 aliphatic heterocycles. The number of unbranched alkanes of at least 4 members (excludes halogenated alkanes) is 1. The van der Waals surface area contributed by atoms with Crippen molar-refractivity contribution in [3.8, 4) is 0 Å². The van der Waals surface area contributed by atoms with Crippen LogP contribution in [0, 0.1) is 0 Å². The first-order valence-corrected chi connectivity index (χ1v) is 19.2. The molecule has 1 saturated heterocycles. The fraction of sp³-hybridized carbons (Fsp3) is 0.462. The van der Waals surface area contributed by atoms with Gasteiger partial charge in [0.15, 0.2) is 12.2 Å². The molecule has 0 radical (unpaired) electrons. The van der Waals surface area contributed by atoms with E-state index >= 15 is 0 Å². The summed E-state index contributed by atoms with van der Waals surface area (Å²) in [5.74, 6) is -1.37. The van der Waals surface area contributed by atoms with E-state index in [2.05, 4.69) is 0 Å². The maximum Gasteiger partial charge on any atom is 0.338 e. The van der Waals surface area contributed by atoms with Crippen molar-refractivity contribution in [2.24, 2.45) is 0 Å². The van der Waals surface area contributed by atoms with Gasteiger partial charge in [0, 0.05) is 13.0 Å². The monoisotopic (exact) mass is 706 g/mol. The average Bonchev–Trinajstić information content (AvgIpc) is 3.12. The summed E-state index contributed by atoms with van der Waals surface area (Å²) in [6.45, 7) is 7.59. The van der Waals surface area contributed by atoms with Gasteiger partial charge in [-0.05, 0) is 47.3 Å². The Labute approximate surface area is 296 Å². The van der Waals surface area contributed by atoms with Gasteiger partial charge in [0.2, 0.25) is 0 Å². The first-order valence-electron chi connectivity index (χ1n) is 17.2. The van der Waals surface area contributed by atoms with Gasteiger partial charge in [-0.3, -0.25) is 4.79 Å². The first kappa shape index (κ1) is 39.1. The van der Waals surface area contributed by atoms with Gasteiger partial charge in [0.1, 0.15) is 24.6 Å². The largest absolute Gasteiger partial charge is 0.457 e. The number of ether oxygens (including phenoxy) is 4. The number of hydrogen-bond donors (Lipinski definition) is 1. The Morgan fingerprint density at radius 2 is 1.36 bits per heavy atom. The molecule has 1 N–H and O–H groups in total. The summed E-state index contributed by atoms with van der Waals surface area (Å²) in [4.78, 5) is 61.8. The van der Waals surface area contributed by atoms with E-state index in [1.807, 2.05) is 81.4 Å². The van der Waals surface area contributed by atoms with Gasteiger partial charge in [-0.2, -0.15) is 0 Å². The topological polar surface area (TPSA) is 127 Å². The van der Waals surface area contributed by atoms with Gasteiger partial charge in [0.25, 0.3) is 8.32 Å². The molecule has 5 atom stereocenters. The summed E-state index contributed by atoms with van der Waals surface area (Å²) in [5, 5.41) is 0.818. The molecule has 0 amide bonds. The van der Waals surface area contributed by atoms with E-state index in [4.69, 9.17) is 28.7 Å². The molecule has 1 aliphatic rings. The molecule has 1 fully saturated rings. The summed E-state index contributed by atoms with van der Waals surface area (Å²) >= 11 is 0. The van der Waals surface area contributed by atoms with E-state index in [1.165, 1.54) is 14.0 Å². The molecule has 3 aromatic carbocycles. The fourth-order valence-electron chi connectivity index (χ4n) is 6.47. The van der Waals surface area contributed by atoms with Crippen LogP contribution >= 0.6 is 0 Å². The molecule has 11 heteroatoms. The van der Waals surface area contributed by atoms with Crippen molar-refractivity contribution in [3.63, 3.8) is 0 Å². The molecule has 0 bridgehead atoms. The van der Waals surface area contributed by atoms with Gasteiger partial charge < -0.3 is 28.5 Å². The molecule has 270 valence electrons. The lowest BCUT2D eigenvalue weighted by Crippen LogP contribution is -2.68. The Morgan fingerprint density at radius 3 is 1.90 bits per heavy atom. The number of carbonyl (C=O) groups is 3. The van der Waals surface area contributed by atoms with Crippen LogP contribution in [0.25, 0.3) is 0 Å². The normalized spacial score (nSPS) is 21.0. The number of ketones is 1. The lowest BCUT2D eigenvalue weighted by atomic mass is 9.89. The molecule has 10 nitrogen and oxygen atoms in total. The summed E-state index contributed by atoms with van der Waals surface area (Å²) in [5.41, 5.74) is 0.331. The highest BCUT2D eigenvalue weighted by Crippen LogP contribution is 2.44. The Hall–Kier alpha value is -3.71. The van der Waals surface area contributed by atoms with Crippen molar-refractivity contribution in [3.05, 3.63) is 96.6 Å². The van der Waals surface area contributed by atoms with Gasteiger partial charge in [-0.15, -0.1) is 0 Å². The molecule has 0 aliphatic carbocycles. The molecular weight excluding hydrogens is 657 g/mol. The third-order valence-electron chi connectivity index (χ3n) is 9.16. The van der Waals surface area contributed by atoms with Crippen LogP contribution in [0.4, 0.5) is 0 Å². The van der Waals surface area contributed by atoms with E-state index in [1.54, 1.807) is 30.3 Å². The Bertz CT molecular complexity index is 1460. The quantitative estimate of drug-likeness (QED) is 0.0639. The van der Waals surface area contributed by atoms with Crippen molar-refractivity contribution in [2.75, 3.05) is 20.3 Å². The third-order valence-corrected chi connectivity index (χ3v) is 13.7. The van der Waals surface area contributed by atoms with Crippen molar-refractivity contribution >= 4 is 36.4 Å². The minimum Gasteiger partial charge on any atom is -0.457 e. The molecule has 1 heterocycles. The second-order valence-electron chi connectivity index (χ2n) is 13.3. The van der Waals surface area contributed by atoms with Gasteiger partial charge >= 0.3 is 11.9 Å². The first-order chi connectivity index (χ1) is 24.0. The van der Waals surface area contributed by atoms with Gasteiger partial charge in [-0.25, -0.2) is 14.6 Å².